The normalized spacial score (nSPS) is 9.56. The lowest BCUT2D eigenvalue weighted by atomic mass is 10.2. The van der Waals surface area contributed by atoms with Crippen LogP contribution in [0.2, 0.25) is 0 Å². The summed E-state index contributed by atoms with van der Waals surface area (Å²) in [4.78, 5) is 21.7. The minimum absolute atomic E-state index is 0.148. The third-order valence-corrected chi connectivity index (χ3v) is 1.95. The van der Waals surface area contributed by atoms with Crippen LogP contribution >= 0.6 is 11.6 Å². The molecular weight excluding hydrogens is 230 g/mol. The van der Waals surface area contributed by atoms with E-state index in [0.29, 0.717) is 11.4 Å². The predicted octanol–water partition coefficient (Wildman–Crippen LogP) is 1.74. The van der Waals surface area contributed by atoms with Gasteiger partial charge in [-0.2, -0.15) is 0 Å². The van der Waals surface area contributed by atoms with E-state index in [1.54, 1.807) is 24.3 Å². The Bertz CT molecular complexity index is 378. The van der Waals surface area contributed by atoms with Crippen LogP contribution in [-0.2, 0) is 4.79 Å². The fourth-order valence-corrected chi connectivity index (χ4v) is 1.26. The first-order valence-electron chi connectivity index (χ1n) is 4.64. The Labute approximate surface area is 98.0 Å². The smallest absolute Gasteiger partial charge is 0.316 e. The van der Waals surface area contributed by atoms with E-state index < -0.39 is 6.03 Å². The summed E-state index contributed by atoms with van der Waals surface area (Å²) < 4.78 is 0. The maximum absolute atomic E-state index is 11.2. The van der Waals surface area contributed by atoms with E-state index in [1.165, 1.54) is 0 Å². The summed E-state index contributed by atoms with van der Waals surface area (Å²) in [6, 6.07) is 5.98. The number of anilines is 2. The van der Waals surface area contributed by atoms with Crippen molar-refractivity contribution in [2.45, 2.75) is 6.42 Å². The van der Waals surface area contributed by atoms with Crippen LogP contribution in [0.1, 0.15) is 6.42 Å². The van der Waals surface area contributed by atoms with Crippen molar-refractivity contribution in [1.82, 2.24) is 0 Å². The summed E-state index contributed by atoms with van der Waals surface area (Å²) in [6.45, 7) is 0. The van der Waals surface area contributed by atoms with Crippen molar-refractivity contribution in [3.05, 3.63) is 24.3 Å². The average Bonchev–Trinajstić information content (AvgIpc) is 2.20. The monoisotopic (exact) mass is 241 g/mol. The molecule has 1 rings (SSSR count). The summed E-state index contributed by atoms with van der Waals surface area (Å²) in [7, 11) is 0. The van der Waals surface area contributed by atoms with Crippen LogP contribution in [0.3, 0.4) is 0 Å². The van der Waals surface area contributed by atoms with Gasteiger partial charge in [-0.15, -0.1) is 11.6 Å². The van der Waals surface area contributed by atoms with Gasteiger partial charge in [0.25, 0.3) is 0 Å². The number of hydrogen-bond acceptors (Lipinski definition) is 2. The summed E-state index contributed by atoms with van der Waals surface area (Å²) in [6.07, 6.45) is 0.267. The number of alkyl halides is 1. The van der Waals surface area contributed by atoms with E-state index in [2.05, 4.69) is 10.6 Å². The number of urea groups is 1. The highest BCUT2D eigenvalue weighted by atomic mass is 35.5. The van der Waals surface area contributed by atoms with Crippen LogP contribution in [0.25, 0.3) is 0 Å². The van der Waals surface area contributed by atoms with Gasteiger partial charge in [0, 0.05) is 23.7 Å². The molecule has 0 unspecified atom stereocenters. The molecule has 0 atom stereocenters. The molecule has 0 fully saturated rings. The van der Waals surface area contributed by atoms with Crippen LogP contribution < -0.4 is 16.4 Å². The van der Waals surface area contributed by atoms with Gasteiger partial charge in [0.05, 0.1) is 0 Å². The first kappa shape index (κ1) is 12.3. The second-order valence-corrected chi connectivity index (χ2v) is 3.43. The molecule has 0 saturated carbocycles. The van der Waals surface area contributed by atoms with Gasteiger partial charge in [-0.3, -0.25) is 4.79 Å². The van der Waals surface area contributed by atoms with E-state index in [9.17, 15) is 9.59 Å². The number of nitrogens with two attached hydrogens (primary N) is 1. The largest absolute Gasteiger partial charge is 0.351 e. The van der Waals surface area contributed by atoms with Gasteiger partial charge >= 0.3 is 6.03 Å². The number of primary amides is 1. The Morgan fingerprint density at radius 1 is 1.12 bits per heavy atom. The number of halogens is 1. The van der Waals surface area contributed by atoms with E-state index >= 15 is 0 Å². The van der Waals surface area contributed by atoms with Crippen molar-refractivity contribution in [2.24, 2.45) is 5.73 Å². The number of amides is 3. The number of carbonyl (C=O) groups excluding carboxylic acids is 2. The highest BCUT2D eigenvalue weighted by Crippen LogP contribution is 2.13. The third-order valence-electron chi connectivity index (χ3n) is 1.76. The molecule has 16 heavy (non-hydrogen) atoms. The number of benzene rings is 1. The SMILES string of the molecule is NC(=O)Nc1ccc(NC(=O)CCCl)cc1. The maximum Gasteiger partial charge on any atom is 0.316 e. The number of nitrogens with one attached hydrogen (secondary N) is 2. The molecule has 0 saturated heterocycles. The molecule has 0 spiro atoms. The zero-order valence-electron chi connectivity index (χ0n) is 8.50. The van der Waals surface area contributed by atoms with Crippen LogP contribution in [0, 0.1) is 0 Å². The molecule has 0 aliphatic rings. The first-order valence-corrected chi connectivity index (χ1v) is 5.17. The molecule has 3 amide bonds. The standard InChI is InChI=1S/C10H12ClN3O2/c11-6-5-9(15)13-7-1-3-8(4-2-7)14-10(12)16/h1-4H,5-6H2,(H,13,15)(H3,12,14,16). The molecule has 0 heterocycles. The van der Waals surface area contributed by atoms with Gasteiger partial charge in [-0.25, -0.2) is 4.79 Å². The molecule has 5 nitrogen and oxygen atoms in total. The second kappa shape index (κ2) is 5.97. The van der Waals surface area contributed by atoms with Crippen molar-refractivity contribution >= 4 is 34.9 Å². The van der Waals surface area contributed by atoms with Crippen molar-refractivity contribution in [1.29, 1.82) is 0 Å². The van der Waals surface area contributed by atoms with Crippen molar-refractivity contribution in [2.75, 3.05) is 16.5 Å². The predicted molar refractivity (Wildman–Crippen MR) is 63.6 cm³/mol. The van der Waals surface area contributed by atoms with Crippen molar-refractivity contribution < 1.29 is 9.59 Å². The molecule has 86 valence electrons. The maximum atomic E-state index is 11.2. The van der Waals surface area contributed by atoms with Crippen LogP contribution in [0.15, 0.2) is 24.3 Å². The van der Waals surface area contributed by atoms with Gasteiger partial charge < -0.3 is 16.4 Å². The van der Waals surface area contributed by atoms with Crippen LogP contribution in [0.4, 0.5) is 16.2 Å². The van der Waals surface area contributed by atoms with Crippen LogP contribution in [0.5, 0.6) is 0 Å². The second-order valence-electron chi connectivity index (χ2n) is 3.05. The molecule has 0 aromatic heterocycles. The molecule has 1 aromatic rings. The summed E-state index contributed by atoms with van der Waals surface area (Å²) in [5, 5.41) is 5.07. The zero-order valence-corrected chi connectivity index (χ0v) is 9.25. The molecular formula is C10H12ClN3O2. The minimum atomic E-state index is -0.626. The van der Waals surface area contributed by atoms with Gasteiger partial charge in [-0.05, 0) is 24.3 Å². The lowest BCUT2D eigenvalue weighted by molar-refractivity contribution is -0.115. The van der Waals surface area contributed by atoms with Gasteiger partial charge in [-0.1, -0.05) is 0 Å². The minimum Gasteiger partial charge on any atom is -0.351 e. The number of rotatable bonds is 4. The Morgan fingerprint density at radius 2 is 1.62 bits per heavy atom. The molecule has 0 aliphatic heterocycles. The highest BCUT2D eigenvalue weighted by molar-refractivity contribution is 6.19. The highest BCUT2D eigenvalue weighted by Gasteiger charge is 2.01. The van der Waals surface area contributed by atoms with E-state index in [1.807, 2.05) is 0 Å². The van der Waals surface area contributed by atoms with Crippen molar-refractivity contribution in [3.63, 3.8) is 0 Å². The van der Waals surface area contributed by atoms with Gasteiger partial charge in [0.2, 0.25) is 5.91 Å². The number of carbonyl (C=O) groups is 2. The molecule has 0 bridgehead atoms. The van der Waals surface area contributed by atoms with E-state index in [0.717, 1.165) is 0 Å². The Morgan fingerprint density at radius 3 is 2.06 bits per heavy atom. The zero-order chi connectivity index (χ0) is 12.0. The summed E-state index contributed by atoms with van der Waals surface area (Å²) in [5.41, 5.74) is 6.16. The summed E-state index contributed by atoms with van der Waals surface area (Å²) in [5.74, 6) is 0.137. The fraction of sp³-hybridized carbons (Fsp3) is 0.200. The topological polar surface area (TPSA) is 84.2 Å². The number of hydrogen-bond donors (Lipinski definition) is 3. The van der Waals surface area contributed by atoms with E-state index in [-0.39, 0.29) is 18.2 Å². The first-order chi connectivity index (χ1) is 7.61. The molecule has 4 N–H and O–H groups in total. The van der Waals surface area contributed by atoms with Gasteiger partial charge in [0.15, 0.2) is 0 Å². The third kappa shape index (κ3) is 4.18. The average molecular weight is 242 g/mol. The lowest BCUT2D eigenvalue weighted by Gasteiger charge is -2.05. The Kier molecular flexibility index (Phi) is 4.60. The van der Waals surface area contributed by atoms with Crippen molar-refractivity contribution in [3.8, 4) is 0 Å². The molecule has 0 radical (unpaired) electrons. The molecule has 6 heteroatoms. The fourth-order valence-electron chi connectivity index (χ4n) is 1.09. The van der Waals surface area contributed by atoms with E-state index in [4.69, 9.17) is 17.3 Å². The molecule has 1 aromatic carbocycles. The van der Waals surface area contributed by atoms with Gasteiger partial charge in [0.1, 0.15) is 0 Å². The summed E-state index contributed by atoms with van der Waals surface area (Å²) >= 11 is 5.42. The molecule has 0 aliphatic carbocycles. The Hall–Kier alpha value is -1.75. The lowest BCUT2D eigenvalue weighted by Crippen LogP contribution is -2.19. The Balaban J connectivity index is 2.57. The van der Waals surface area contributed by atoms with Crippen LogP contribution in [-0.4, -0.2) is 17.8 Å². The quantitative estimate of drug-likeness (QED) is 0.702.